The molecule has 2 heteroatoms. The lowest BCUT2D eigenvalue weighted by molar-refractivity contribution is 0.173. The van der Waals surface area contributed by atoms with Crippen LogP contribution in [0.1, 0.15) is 46.0 Å². The summed E-state index contributed by atoms with van der Waals surface area (Å²) in [7, 11) is 2.27. The molecule has 15 heavy (non-hydrogen) atoms. The van der Waals surface area contributed by atoms with Crippen molar-refractivity contribution >= 4 is 0 Å². The first-order valence-electron chi connectivity index (χ1n) is 6.62. The number of rotatable bonds is 7. The molecule has 0 aromatic rings. The summed E-state index contributed by atoms with van der Waals surface area (Å²) in [6.07, 6.45) is 6.99. The molecular weight excluding hydrogens is 184 g/mol. The van der Waals surface area contributed by atoms with Gasteiger partial charge in [-0.25, -0.2) is 0 Å². The van der Waals surface area contributed by atoms with E-state index in [1.165, 1.54) is 51.7 Å². The third-order valence-electron chi connectivity index (χ3n) is 3.62. The van der Waals surface area contributed by atoms with Gasteiger partial charge >= 0.3 is 0 Å². The lowest BCUT2D eigenvalue weighted by Crippen LogP contribution is -2.41. The Morgan fingerprint density at radius 2 is 1.87 bits per heavy atom. The molecule has 0 aromatic carbocycles. The number of nitrogens with one attached hydrogen (secondary N) is 1. The van der Waals surface area contributed by atoms with Gasteiger partial charge in [-0.2, -0.15) is 0 Å². The van der Waals surface area contributed by atoms with Crippen LogP contribution in [0.2, 0.25) is 0 Å². The second-order valence-electron chi connectivity index (χ2n) is 5.23. The van der Waals surface area contributed by atoms with Gasteiger partial charge in [-0.05, 0) is 44.8 Å². The average Bonchev–Trinajstić information content (AvgIpc) is 2.64. The van der Waals surface area contributed by atoms with E-state index in [9.17, 15) is 0 Å². The summed E-state index contributed by atoms with van der Waals surface area (Å²) in [5.41, 5.74) is 0.583. The highest BCUT2D eigenvalue weighted by molar-refractivity contribution is 4.88. The zero-order valence-electron chi connectivity index (χ0n) is 10.8. The number of hydrogen-bond acceptors (Lipinski definition) is 2. The number of nitrogens with zero attached hydrogens (tertiary/aromatic N) is 1. The maximum atomic E-state index is 3.55. The van der Waals surface area contributed by atoms with E-state index in [2.05, 4.69) is 31.1 Å². The van der Waals surface area contributed by atoms with Gasteiger partial charge in [0.15, 0.2) is 0 Å². The minimum Gasteiger partial charge on any atom is -0.316 e. The predicted molar refractivity (Wildman–Crippen MR) is 67.2 cm³/mol. The third kappa shape index (κ3) is 4.12. The standard InChI is InChI=1S/C13H28N2/c1-4-10-15(3)12-13(11-14-5-2)8-6-7-9-13/h14H,4-12H2,1-3H3. The lowest BCUT2D eigenvalue weighted by Gasteiger charge is -2.33. The van der Waals surface area contributed by atoms with Gasteiger partial charge < -0.3 is 10.2 Å². The van der Waals surface area contributed by atoms with Crippen LogP contribution < -0.4 is 5.32 Å². The molecule has 1 saturated carbocycles. The minimum atomic E-state index is 0.583. The van der Waals surface area contributed by atoms with Crippen LogP contribution >= 0.6 is 0 Å². The van der Waals surface area contributed by atoms with Crippen molar-refractivity contribution in [3.8, 4) is 0 Å². The van der Waals surface area contributed by atoms with E-state index in [0.29, 0.717) is 5.41 Å². The fourth-order valence-electron chi connectivity index (χ4n) is 2.94. The van der Waals surface area contributed by atoms with Gasteiger partial charge in [0.05, 0.1) is 0 Å². The Hall–Kier alpha value is -0.0800. The molecule has 2 nitrogen and oxygen atoms in total. The highest BCUT2D eigenvalue weighted by Gasteiger charge is 2.33. The molecular formula is C13H28N2. The van der Waals surface area contributed by atoms with E-state index in [-0.39, 0.29) is 0 Å². The molecule has 1 N–H and O–H groups in total. The van der Waals surface area contributed by atoms with Crippen molar-refractivity contribution in [1.29, 1.82) is 0 Å². The molecule has 0 aromatic heterocycles. The summed E-state index contributed by atoms with van der Waals surface area (Å²) < 4.78 is 0. The number of hydrogen-bond donors (Lipinski definition) is 1. The van der Waals surface area contributed by atoms with Gasteiger partial charge in [-0.1, -0.05) is 26.7 Å². The molecule has 0 unspecified atom stereocenters. The summed E-state index contributed by atoms with van der Waals surface area (Å²) in [6.45, 7) is 9.33. The summed E-state index contributed by atoms with van der Waals surface area (Å²) in [4.78, 5) is 2.52. The molecule has 0 atom stereocenters. The van der Waals surface area contributed by atoms with Crippen molar-refractivity contribution in [3.63, 3.8) is 0 Å². The van der Waals surface area contributed by atoms with Gasteiger partial charge in [0.1, 0.15) is 0 Å². The second kappa shape index (κ2) is 6.49. The first-order chi connectivity index (χ1) is 7.22. The molecule has 1 aliphatic rings. The molecule has 90 valence electrons. The Labute approximate surface area is 95.4 Å². The molecule has 0 heterocycles. The zero-order chi connectivity index (χ0) is 11.1. The normalized spacial score (nSPS) is 20.0. The third-order valence-corrected chi connectivity index (χ3v) is 3.62. The Morgan fingerprint density at radius 3 is 2.40 bits per heavy atom. The van der Waals surface area contributed by atoms with Gasteiger partial charge in [-0.15, -0.1) is 0 Å². The van der Waals surface area contributed by atoms with Crippen LogP contribution in [0.15, 0.2) is 0 Å². The van der Waals surface area contributed by atoms with Crippen LogP contribution in [0.3, 0.4) is 0 Å². The molecule has 1 fully saturated rings. The Kier molecular flexibility index (Phi) is 5.62. The quantitative estimate of drug-likeness (QED) is 0.697. The summed E-state index contributed by atoms with van der Waals surface area (Å²) in [6, 6.07) is 0. The van der Waals surface area contributed by atoms with Crippen molar-refractivity contribution in [2.45, 2.75) is 46.0 Å². The Balaban J connectivity index is 2.41. The van der Waals surface area contributed by atoms with Crippen LogP contribution in [-0.2, 0) is 0 Å². The highest BCUT2D eigenvalue weighted by Crippen LogP contribution is 2.38. The SMILES string of the molecule is CCCN(C)CC1(CNCC)CCCC1. The van der Waals surface area contributed by atoms with Crippen molar-refractivity contribution < 1.29 is 0 Å². The van der Waals surface area contributed by atoms with E-state index in [4.69, 9.17) is 0 Å². The van der Waals surface area contributed by atoms with Gasteiger partial charge in [-0.3, -0.25) is 0 Å². The van der Waals surface area contributed by atoms with Crippen molar-refractivity contribution in [1.82, 2.24) is 10.2 Å². The van der Waals surface area contributed by atoms with Crippen molar-refractivity contribution in [2.24, 2.45) is 5.41 Å². The van der Waals surface area contributed by atoms with Crippen LogP contribution in [0.5, 0.6) is 0 Å². The van der Waals surface area contributed by atoms with Gasteiger partial charge in [0.2, 0.25) is 0 Å². The van der Waals surface area contributed by atoms with Gasteiger partial charge in [0, 0.05) is 13.1 Å². The average molecular weight is 212 g/mol. The highest BCUT2D eigenvalue weighted by atomic mass is 15.1. The topological polar surface area (TPSA) is 15.3 Å². The Bertz CT molecular complexity index is 162. The van der Waals surface area contributed by atoms with E-state index in [1.807, 2.05) is 0 Å². The molecule has 1 rings (SSSR count). The molecule has 0 saturated heterocycles. The monoisotopic (exact) mass is 212 g/mol. The van der Waals surface area contributed by atoms with Crippen LogP contribution in [-0.4, -0.2) is 38.1 Å². The first-order valence-corrected chi connectivity index (χ1v) is 6.62. The molecule has 0 bridgehead atoms. The Morgan fingerprint density at radius 1 is 1.20 bits per heavy atom. The summed E-state index contributed by atoms with van der Waals surface area (Å²) in [5.74, 6) is 0. The van der Waals surface area contributed by atoms with Gasteiger partial charge in [0.25, 0.3) is 0 Å². The van der Waals surface area contributed by atoms with E-state index >= 15 is 0 Å². The molecule has 0 aliphatic heterocycles. The predicted octanol–water partition coefficient (Wildman–Crippen LogP) is 2.50. The smallest absolute Gasteiger partial charge is 0.00471 e. The molecule has 0 spiro atoms. The van der Waals surface area contributed by atoms with Crippen LogP contribution in [0.25, 0.3) is 0 Å². The fraction of sp³-hybridized carbons (Fsp3) is 1.00. The van der Waals surface area contributed by atoms with Crippen molar-refractivity contribution in [2.75, 3.05) is 33.2 Å². The van der Waals surface area contributed by atoms with Crippen LogP contribution in [0.4, 0.5) is 0 Å². The summed E-state index contributed by atoms with van der Waals surface area (Å²) >= 11 is 0. The van der Waals surface area contributed by atoms with E-state index in [1.54, 1.807) is 0 Å². The van der Waals surface area contributed by atoms with Crippen LogP contribution in [0, 0.1) is 5.41 Å². The van der Waals surface area contributed by atoms with E-state index in [0.717, 1.165) is 6.54 Å². The first kappa shape index (κ1) is 13.0. The maximum absolute atomic E-state index is 3.55. The molecule has 0 amide bonds. The van der Waals surface area contributed by atoms with E-state index < -0.39 is 0 Å². The maximum Gasteiger partial charge on any atom is 0.00471 e. The summed E-state index contributed by atoms with van der Waals surface area (Å²) in [5, 5.41) is 3.55. The zero-order valence-corrected chi connectivity index (χ0v) is 10.8. The molecule has 1 aliphatic carbocycles. The van der Waals surface area contributed by atoms with Crippen molar-refractivity contribution in [3.05, 3.63) is 0 Å². The minimum absolute atomic E-state index is 0.583. The largest absolute Gasteiger partial charge is 0.316 e. The fourth-order valence-corrected chi connectivity index (χ4v) is 2.94. The molecule has 0 radical (unpaired) electrons. The lowest BCUT2D eigenvalue weighted by atomic mass is 9.85. The second-order valence-corrected chi connectivity index (χ2v) is 5.23.